The minimum atomic E-state index is -0.322. The Balaban J connectivity index is 1.56. The van der Waals surface area contributed by atoms with Crippen molar-refractivity contribution in [2.75, 3.05) is 13.1 Å². The van der Waals surface area contributed by atoms with Crippen molar-refractivity contribution < 1.29 is 9.53 Å². The van der Waals surface area contributed by atoms with Crippen LogP contribution in [0.5, 0.6) is 0 Å². The Morgan fingerprint density at radius 2 is 2.24 bits per heavy atom. The van der Waals surface area contributed by atoms with Crippen LogP contribution >= 0.6 is 15.9 Å². The van der Waals surface area contributed by atoms with E-state index in [1.165, 1.54) is 5.56 Å². The number of nitrogens with one attached hydrogen (secondary N) is 1. The lowest BCUT2D eigenvalue weighted by Crippen LogP contribution is -2.39. The molecule has 1 aliphatic carbocycles. The molecule has 1 heterocycles. The van der Waals surface area contributed by atoms with Crippen LogP contribution in [-0.4, -0.2) is 31.2 Å². The highest BCUT2D eigenvalue weighted by molar-refractivity contribution is 9.10. The first-order valence-corrected chi connectivity index (χ1v) is 8.31. The maximum absolute atomic E-state index is 12.2. The van der Waals surface area contributed by atoms with Crippen LogP contribution in [0.1, 0.15) is 31.2 Å². The molecule has 2 aliphatic rings. The number of benzene rings is 1. The second kappa shape index (κ2) is 6.07. The molecule has 2 atom stereocenters. The third kappa shape index (κ3) is 3.30. The van der Waals surface area contributed by atoms with Gasteiger partial charge in [0.2, 0.25) is 5.91 Å². The molecule has 4 nitrogen and oxygen atoms in total. The van der Waals surface area contributed by atoms with Gasteiger partial charge < -0.3 is 15.8 Å². The maximum Gasteiger partial charge on any atom is 0.249 e. The number of rotatable bonds is 5. The van der Waals surface area contributed by atoms with E-state index in [0.717, 1.165) is 30.2 Å². The van der Waals surface area contributed by atoms with Crippen molar-refractivity contribution in [3.63, 3.8) is 0 Å². The summed E-state index contributed by atoms with van der Waals surface area (Å²) in [6, 6.07) is 8.36. The highest BCUT2D eigenvalue weighted by Crippen LogP contribution is 2.48. The van der Waals surface area contributed by atoms with Gasteiger partial charge in [0.1, 0.15) is 6.10 Å². The van der Waals surface area contributed by atoms with Gasteiger partial charge in [-0.05, 0) is 43.4 Å². The smallest absolute Gasteiger partial charge is 0.249 e. The van der Waals surface area contributed by atoms with Gasteiger partial charge in [-0.3, -0.25) is 4.79 Å². The fourth-order valence-corrected chi connectivity index (χ4v) is 3.38. The summed E-state index contributed by atoms with van der Waals surface area (Å²) in [5, 5.41) is 3.07. The van der Waals surface area contributed by atoms with Crippen molar-refractivity contribution in [2.45, 2.75) is 43.3 Å². The molecule has 5 heteroatoms. The fourth-order valence-electron chi connectivity index (χ4n) is 2.98. The summed E-state index contributed by atoms with van der Waals surface area (Å²) < 4.78 is 6.72. The molecule has 0 unspecified atom stereocenters. The third-order valence-electron chi connectivity index (χ3n) is 4.55. The van der Waals surface area contributed by atoms with E-state index in [4.69, 9.17) is 10.5 Å². The summed E-state index contributed by atoms with van der Waals surface area (Å²) in [7, 11) is 0. The summed E-state index contributed by atoms with van der Waals surface area (Å²) in [5.74, 6) is 0.00669. The van der Waals surface area contributed by atoms with E-state index in [2.05, 4.69) is 33.4 Å². The highest BCUT2D eigenvalue weighted by atomic mass is 79.9. The molecule has 0 aromatic heterocycles. The van der Waals surface area contributed by atoms with Crippen LogP contribution in [0.4, 0.5) is 0 Å². The molecule has 1 saturated carbocycles. The Labute approximate surface area is 133 Å². The molecule has 0 radical (unpaired) electrons. The van der Waals surface area contributed by atoms with Gasteiger partial charge in [-0.25, -0.2) is 0 Å². The summed E-state index contributed by atoms with van der Waals surface area (Å²) in [5.41, 5.74) is 6.99. The Kier molecular flexibility index (Phi) is 4.33. The molecular weight excluding hydrogens is 332 g/mol. The maximum atomic E-state index is 12.2. The average molecular weight is 353 g/mol. The van der Waals surface area contributed by atoms with Crippen LogP contribution < -0.4 is 11.1 Å². The Morgan fingerprint density at radius 1 is 1.43 bits per heavy atom. The standard InChI is InChI=1S/C16H21BrN2O2/c17-12-3-1-2-11(8-12)16(6-7-16)10-19-15(20)14-5-4-13(9-18)21-14/h1-3,8,13-14H,4-7,9-10,18H2,(H,19,20)/t13-,14+/m1/s1. The molecule has 3 N–H and O–H groups in total. The molecule has 1 aliphatic heterocycles. The predicted molar refractivity (Wildman–Crippen MR) is 85.0 cm³/mol. The van der Waals surface area contributed by atoms with Crippen LogP contribution in [0.25, 0.3) is 0 Å². The first-order valence-electron chi connectivity index (χ1n) is 7.52. The van der Waals surface area contributed by atoms with Crippen molar-refractivity contribution in [1.82, 2.24) is 5.32 Å². The Bertz CT molecular complexity index is 531. The van der Waals surface area contributed by atoms with Gasteiger partial charge in [0, 0.05) is 23.0 Å². The zero-order valence-corrected chi connectivity index (χ0v) is 13.6. The number of carbonyl (C=O) groups is 1. The molecule has 3 rings (SSSR count). The number of amides is 1. The predicted octanol–water partition coefficient (Wildman–Crippen LogP) is 2.10. The summed E-state index contributed by atoms with van der Waals surface area (Å²) >= 11 is 3.51. The van der Waals surface area contributed by atoms with Gasteiger partial charge in [0.05, 0.1) is 6.10 Å². The van der Waals surface area contributed by atoms with E-state index >= 15 is 0 Å². The van der Waals surface area contributed by atoms with E-state index in [-0.39, 0.29) is 23.5 Å². The Hall–Kier alpha value is -0.910. The van der Waals surface area contributed by atoms with Crippen LogP contribution in [0.15, 0.2) is 28.7 Å². The van der Waals surface area contributed by atoms with Crippen LogP contribution in [0.2, 0.25) is 0 Å². The number of hydrogen-bond acceptors (Lipinski definition) is 3. The zero-order valence-electron chi connectivity index (χ0n) is 12.0. The molecule has 0 bridgehead atoms. The highest BCUT2D eigenvalue weighted by Gasteiger charge is 2.45. The molecule has 21 heavy (non-hydrogen) atoms. The monoisotopic (exact) mass is 352 g/mol. The van der Waals surface area contributed by atoms with Crippen molar-refractivity contribution >= 4 is 21.8 Å². The third-order valence-corrected chi connectivity index (χ3v) is 5.05. The minimum absolute atomic E-state index is 0.00669. The number of halogens is 1. The molecular formula is C16H21BrN2O2. The molecule has 1 amide bonds. The lowest BCUT2D eigenvalue weighted by atomic mass is 9.96. The summed E-state index contributed by atoms with van der Waals surface area (Å²) in [6.07, 6.45) is 3.63. The number of nitrogens with two attached hydrogens (primary N) is 1. The average Bonchev–Trinajstić information content (AvgIpc) is 3.13. The second-order valence-electron chi connectivity index (χ2n) is 6.07. The van der Waals surface area contributed by atoms with Crippen LogP contribution in [0, 0.1) is 0 Å². The molecule has 1 aromatic carbocycles. The number of hydrogen-bond donors (Lipinski definition) is 2. The van der Waals surface area contributed by atoms with Gasteiger partial charge in [0.25, 0.3) is 0 Å². The fraction of sp³-hybridized carbons (Fsp3) is 0.562. The Morgan fingerprint density at radius 3 is 2.86 bits per heavy atom. The van der Waals surface area contributed by atoms with Gasteiger partial charge in [0.15, 0.2) is 0 Å². The van der Waals surface area contributed by atoms with Crippen molar-refractivity contribution in [3.8, 4) is 0 Å². The van der Waals surface area contributed by atoms with E-state index in [1.807, 2.05) is 12.1 Å². The normalized spacial score (nSPS) is 26.6. The zero-order chi connectivity index (χ0) is 14.9. The first-order chi connectivity index (χ1) is 10.1. The van der Waals surface area contributed by atoms with Gasteiger partial charge in [-0.2, -0.15) is 0 Å². The van der Waals surface area contributed by atoms with E-state index in [1.54, 1.807) is 0 Å². The van der Waals surface area contributed by atoms with Gasteiger partial charge in [-0.15, -0.1) is 0 Å². The quantitative estimate of drug-likeness (QED) is 0.852. The second-order valence-corrected chi connectivity index (χ2v) is 6.98. The molecule has 1 saturated heterocycles. The molecule has 0 spiro atoms. The largest absolute Gasteiger partial charge is 0.364 e. The van der Waals surface area contributed by atoms with E-state index < -0.39 is 0 Å². The van der Waals surface area contributed by atoms with Crippen LogP contribution in [-0.2, 0) is 14.9 Å². The van der Waals surface area contributed by atoms with E-state index in [9.17, 15) is 4.79 Å². The van der Waals surface area contributed by atoms with Crippen molar-refractivity contribution in [1.29, 1.82) is 0 Å². The number of ether oxygens (including phenoxy) is 1. The summed E-state index contributed by atoms with van der Waals surface area (Å²) in [6.45, 7) is 1.18. The SMILES string of the molecule is NC[C@H]1CC[C@@H](C(=O)NCC2(c3cccc(Br)c3)CC2)O1. The minimum Gasteiger partial charge on any atom is -0.364 e. The van der Waals surface area contributed by atoms with Gasteiger partial charge >= 0.3 is 0 Å². The molecule has 114 valence electrons. The first kappa shape index (κ1) is 15.0. The lowest BCUT2D eigenvalue weighted by molar-refractivity contribution is -0.131. The van der Waals surface area contributed by atoms with Crippen molar-refractivity contribution in [2.24, 2.45) is 5.73 Å². The number of carbonyl (C=O) groups excluding carboxylic acids is 1. The van der Waals surface area contributed by atoms with Gasteiger partial charge in [-0.1, -0.05) is 28.1 Å². The van der Waals surface area contributed by atoms with Crippen LogP contribution in [0.3, 0.4) is 0 Å². The lowest BCUT2D eigenvalue weighted by Gasteiger charge is -2.19. The topological polar surface area (TPSA) is 64.4 Å². The van der Waals surface area contributed by atoms with Crippen molar-refractivity contribution in [3.05, 3.63) is 34.3 Å². The summed E-state index contributed by atoms with van der Waals surface area (Å²) in [4.78, 5) is 12.2. The molecule has 2 fully saturated rings. The van der Waals surface area contributed by atoms with E-state index in [0.29, 0.717) is 13.1 Å². The molecule has 1 aromatic rings.